The number of benzene rings is 1. The molecule has 0 N–H and O–H groups in total. The standard InChI is InChI=1S/C19H27NO7S/c1-24-17-6-5-15(13-19(21)27-14-16-4-2-3-9-26-16)12-18(17)28(22,23)20-7-10-25-11-8-20/h5-6,12,16H,2-4,7-11,13-14H2,1H3. The van der Waals surface area contributed by atoms with E-state index in [1.807, 2.05) is 0 Å². The van der Waals surface area contributed by atoms with Crippen molar-refractivity contribution < 1.29 is 32.2 Å². The van der Waals surface area contributed by atoms with Crippen molar-refractivity contribution in [2.45, 2.75) is 36.7 Å². The highest BCUT2D eigenvalue weighted by molar-refractivity contribution is 7.89. The van der Waals surface area contributed by atoms with Crippen molar-refractivity contribution in [3.05, 3.63) is 23.8 Å². The van der Waals surface area contributed by atoms with E-state index in [4.69, 9.17) is 18.9 Å². The fourth-order valence-corrected chi connectivity index (χ4v) is 4.92. The molecule has 1 aromatic rings. The lowest BCUT2D eigenvalue weighted by molar-refractivity contribution is -0.148. The lowest BCUT2D eigenvalue weighted by Crippen LogP contribution is -2.40. The molecule has 2 fully saturated rings. The Balaban J connectivity index is 1.68. The van der Waals surface area contributed by atoms with Crippen molar-refractivity contribution in [1.29, 1.82) is 0 Å². The van der Waals surface area contributed by atoms with E-state index < -0.39 is 16.0 Å². The Morgan fingerprint density at radius 1 is 1.21 bits per heavy atom. The molecule has 28 heavy (non-hydrogen) atoms. The van der Waals surface area contributed by atoms with Crippen molar-refractivity contribution in [2.75, 3.05) is 46.6 Å². The third kappa shape index (κ3) is 5.22. The minimum absolute atomic E-state index is 0.0116. The van der Waals surface area contributed by atoms with Crippen LogP contribution in [0.5, 0.6) is 5.75 Å². The summed E-state index contributed by atoms with van der Waals surface area (Å²) in [5.41, 5.74) is 0.558. The molecule has 0 bridgehead atoms. The maximum absolute atomic E-state index is 13.0. The molecule has 0 aliphatic carbocycles. The number of methoxy groups -OCH3 is 1. The van der Waals surface area contributed by atoms with Gasteiger partial charge in [0.2, 0.25) is 10.0 Å². The van der Waals surface area contributed by atoms with Crippen LogP contribution < -0.4 is 4.74 Å². The van der Waals surface area contributed by atoms with Gasteiger partial charge in [0.05, 0.1) is 32.8 Å². The molecule has 8 nitrogen and oxygen atoms in total. The number of carbonyl (C=O) groups excluding carboxylic acids is 1. The van der Waals surface area contributed by atoms with Gasteiger partial charge in [-0.2, -0.15) is 4.31 Å². The fraction of sp³-hybridized carbons (Fsp3) is 0.632. The zero-order chi connectivity index (χ0) is 20.0. The van der Waals surface area contributed by atoms with Crippen LogP contribution in [-0.2, 0) is 35.4 Å². The maximum atomic E-state index is 13.0. The summed E-state index contributed by atoms with van der Waals surface area (Å²) in [6.07, 6.45) is 2.94. The number of rotatable bonds is 7. The number of hydrogen-bond donors (Lipinski definition) is 0. The van der Waals surface area contributed by atoms with E-state index in [0.717, 1.165) is 19.3 Å². The first-order valence-electron chi connectivity index (χ1n) is 9.53. The molecule has 0 spiro atoms. The Kier molecular flexibility index (Phi) is 7.28. The van der Waals surface area contributed by atoms with E-state index in [0.29, 0.717) is 38.5 Å². The van der Waals surface area contributed by atoms with E-state index in [1.165, 1.54) is 17.5 Å². The van der Waals surface area contributed by atoms with Crippen LogP contribution >= 0.6 is 0 Å². The van der Waals surface area contributed by atoms with Gasteiger partial charge in [0.25, 0.3) is 0 Å². The van der Waals surface area contributed by atoms with Gasteiger partial charge in [0, 0.05) is 19.7 Å². The fourth-order valence-electron chi connectivity index (χ4n) is 3.30. The van der Waals surface area contributed by atoms with Crippen molar-refractivity contribution in [1.82, 2.24) is 4.31 Å². The Morgan fingerprint density at radius 3 is 2.68 bits per heavy atom. The van der Waals surface area contributed by atoms with Crippen LogP contribution in [-0.4, -0.2) is 71.4 Å². The van der Waals surface area contributed by atoms with Gasteiger partial charge >= 0.3 is 5.97 Å². The van der Waals surface area contributed by atoms with Crippen molar-refractivity contribution in [2.24, 2.45) is 0 Å². The summed E-state index contributed by atoms with van der Waals surface area (Å²) in [5.74, 6) is -0.159. The van der Waals surface area contributed by atoms with E-state index in [9.17, 15) is 13.2 Å². The van der Waals surface area contributed by atoms with Gasteiger partial charge in [-0.3, -0.25) is 4.79 Å². The summed E-state index contributed by atoms with van der Waals surface area (Å²) in [7, 11) is -2.31. The average Bonchev–Trinajstić information content (AvgIpc) is 2.73. The summed E-state index contributed by atoms with van der Waals surface area (Å²) < 4.78 is 48.7. The van der Waals surface area contributed by atoms with Crippen LogP contribution in [0, 0.1) is 0 Å². The second-order valence-corrected chi connectivity index (χ2v) is 8.76. The number of carbonyl (C=O) groups is 1. The first-order chi connectivity index (χ1) is 13.5. The largest absolute Gasteiger partial charge is 0.495 e. The normalized spacial score (nSPS) is 21.2. The lowest BCUT2D eigenvalue weighted by Gasteiger charge is -2.26. The molecule has 1 atom stereocenters. The highest BCUT2D eigenvalue weighted by Gasteiger charge is 2.29. The molecule has 2 saturated heterocycles. The second kappa shape index (κ2) is 9.69. The molecule has 0 radical (unpaired) electrons. The average molecular weight is 413 g/mol. The molecule has 9 heteroatoms. The zero-order valence-corrected chi connectivity index (χ0v) is 16.9. The first kappa shape index (κ1) is 21.0. The Bertz CT molecular complexity index is 768. The minimum atomic E-state index is -3.74. The number of morpholine rings is 1. The monoisotopic (exact) mass is 413 g/mol. The van der Waals surface area contributed by atoms with Crippen molar-refractivity contribution in [3.63, 3.8) is 0 Å². The van der Waals surface area contributed by atoms with Gasteiger partial charge < -0.3 is 18.9 Å². The highest BCUT2D eigenvalue weighted by Crippen LogP contribution is 2.28. The van der Waals surface area contributed by atoms with Gasteiger partial charge in [-0.25, -0.2) is 8.42 Å². The summed E-state index contributed by atoms with van der Waals surface area (Å²) in [6.45, 7) is 2.23. The second-order valence-electron chi connectivity index (χ2n) is 6.85. The summed E-state index contributed by atoms with van der Waals surface area (Å²) in [6, 6.07) is 4.73. The Labute approximate surface area is 165 Å². The summed E-state index contributed by atoms with van der Waals surface area (Å²) >= 11 is 0. The molecular weight excluding hydrogens is 386 g/mol. The summed E-state index contributed by atoms with van der Waals surface area (Å²) in [4.78, 5) is 12.2. The number of nitrogens with zero attached hydrogens (tertiary/aromatic N) is 1. The lowest BCUT2D eigenvalue weighted by atomic mass is 10.1. The summed E-state index contributed by atoms with van der Waals surface area (Å²) in [5, 5.41) is 0. The topological polar surface area (TPSA) is 91.4 Å². The van der Waals surface area contributed by atoms with Gasteiger partial charge in [-0.1, -0.05) is 6.07 Å². The maximum Gasteiger partial charge on any atom is 0.310 e. The minimum Gasteiger partial charge on any atom is -0.495 e. The number of sulfonamides is 1. The van der Waals surface area contributed by atoms with Crippen molar-refractivity contribution in [3.8, 4) is 5.75 Å². The van der Waals surface area contributed by atoms with Crippen LogP contribution in [0.15, 0.2) is 23.1 Å². The Hall–Kier alpha value is -1.68. The van der Waals surface area contributed by atoms with Crippen LogP contribution in [0.1, 0.15) is 24.8 Å². The van der Waals surface area contributed by atoms with Gasteiger partial charge in [-0.05, 0) is 37.0 Å². The molecule has 2 heterocycles. The molecule has 0 aromatic heterocycles. The molecule has 0 amide bonds. The molecule has 156 valence electrons. The molecule has 1 unspecified atom stereocenters. The number of ether oxygens (including phenoxy) is 4. The highest BCUT2D eigenvalue weighted by atomic mass is 32.2. The predicted molar refractivity (Wildman–Crippen MR) is 101 cm³/mol. The van der Waals surface area contributed by atoms with Gasteiger partial charge in [0.1, 0.15) is 17.3 Å². The van der Waals surface area contributed by atoms with Crippen LogP contribution in [0.25, 0.3) is 0 Å². The number of esters is 1. The van der Waals surface area contributed by atoms with Crippen molar-refractivity contribution >= 4 is 16.0 Å². The van der Waals surface area contributed by atoms with Gasteiger partial charge in [-0.15, -0.1) is 0 Å². The first-order valence-corrected chi connectivity index (χ1v) is 11.0. The third-order valence-corrected chi connectivity index (χ3v) is 6.79. The van der Waals surface area contributed by atoms with E-state index >= 15 is 0 Å². The third-order valence-electron chi connectivity index (χ3n) is 4.87. The van der Waals surface area contributed by atoms with E-state index in [1.54, 1.807) is 12.1 Å². The molecule has 0 saturated carbocycles. The van der Waals surface area contributed by atoms with E-state index in [-0.39, 0.29) is 29.8 Å². The zero-order valence-electron chi connectivity index (χ0n) is 16.1. The van der Waals surface area contributed by atoms with E-state index in [2.05, 4.69) is 0 Å². The smallest absolute Gasteiger partial charge is 0.310 e. The molecule has 1 aromatic carbocycles. The quantitative estimate of drug-likeness (QED) is 0.624. The molecule has 3 rings (SSSR count). The molecule has 2 aliphatic rings. The number of hydrogen-bond acceptors (Lipinski definition) is 7. The van der Waals surface area contributed by atoms with Crippen LogP contribution in [0.2, 0.25) is 0 Å². The predicted octanol–water partition coefficient (Wildman–Crippen LogP) is 1.37. The SMILES string of the molecule is COc1ccc(CC(=O)OCC2CCCCO2)cc1S(=O)(=O)N1CCOCC1. The Morgan fingerprint density at radius 2 is 2.00 bits per heavy atom. The van der Waals surface area contributed by atoms with Gasteiger partial charge in [0.15, 0.2) is 0 Å². The molecule has 2 aliphatic heterocycles. The molecular formula is C19H27NO7S. The van der Waals surface area contributed by atoms with Crippen LogP contribution in [0.4, 0.5) is 0 Å². The van der Waals surface area contributed by atoms with Crippen LogP contribution in [0.3, 0.4) is 0 Å².